The summed E-state index contributed by atoms with van der Waals surface area (Å²) >= 11 is 0. The van der Waals surface area contributed by atoms with Crippen LogP contribution in [0.5, 0.6) is 0 Å². The lowest BCUT2D eigenvalue weighted by Gasteiger charge is -2.23. The van der Waals surface area contributed by atoms with Crippen LogP contribution in [0.15, 0.2) is 36.4 Å². The number of hydrogen-bond donors (Lipinski definition) is 2. The quantitative estimate of drug-likeness (QED) is 0.892. The van der Waals surface area contributed by atoms with Gasteiger partial charge in [0.25, 0.3) is 5.91 Å². The zero-order chi connectivity index (χ0) is 18.1. The second-order valence-electron chi connectivity index (χ2n) is 6.93. The molecular weight excluding hydrogens is 330 g/mol. The second-order valence-corrected chi connectivity index (χ2v) is 6.93. The summed E-state index contributed by atoms with van der Waals surface area (Å²) in [6, 6.07) is 10.8. The van der Waals surface area contributed by atoms with E-state index < -0.39 is 11.9 Å². The molecule has 1 saturated carbocycles. The highest BCUT2D eigenvalue weighted by Gasteiger charge is 2.31. The topological polar surface area (TPSA) is 78.5 Å². The molecule has 0 bridgehead atoms. The molecule has 0 atom stereocenters. The number of hydrogen-bond acceptors (Lipinski definition) is 3. The van der Waals surface area contributed by atoms with Crippen molar-refractivity contribution in [2.75, 3.05) is 11.4 Å². The highest BCUT2D eigenvalue weighted by molar-refractivity contribution is 6.26. The fourth-order valence-corrected chi connectivity index (χ4v) is 3.91. The van der Waals surface area contributed by atoms with Crippen LogP contribution < -0.4 is 15.5 Å². The highest BCUT2D eigenvalue weighted by Crippen LogP contribution is 2.36. The van der Waals surface area contributed by atoms with Gasteiger partial charge in [-0.15, -0.1) is 0 Å². The monoisotopic (exact) mass is 351 g/mol. The van der Waals surface area contributed by atoms with Gasteiger partial charge in [0.05, 0.1) is 5.69 Å². The molecule has 1 heterocycles. The molecule has 26 heavy (non-hydrogen) atoms. The molecule has 1 aliphatic heterocycles. The van der Waals surface area contributed by atoms with Crippen LogP contribution in [0.2, 0.25) is 0 Å². The molecule has 2 aromatic rings. The van der Waals surface area contributed by atoms with Gasteiger partial charge in [-0.05, 0) is 30.4 Å². The predicted octanol–water partition coefficient (Wildman–Crippen LogP) is 2.96. The Balaban J connectivity index is 1.43. The number of carbonyl (C=O) groups is 3. The normalized spacial score (nSPS) is 16.8. The van der Waals surface area contributed by atoms with Crippen molar-refractivity contribution in [1.82, 2.24) is 10.6 Å². The highest BCUT2D eigenvalue weighted by atomic mass is 16.2. The molecule has 4 rings (SSSR count). The molecule has 2 aliphatic rings. The molecule has 0 unspecified atom stereocenters. The van der Waals surface area contributed by atoms with Crippen LogP contribution in [0.4, 0.5) is 10.5 Å². The Bertz CT molecular complexity index is 882. The molecule has 2 aromatic carbocycles. The number of anilines is 1. The fraction of sp³-hybridized carbons (Fsp3) is 0.350. The molecule has 2 N–H and O–H groups in total. The number of urea groups is 1. The van der Waals surface area contributed by atoms with Crippen LogP contribution in [0.25, 0.3) is 10.8 Å². The number of nitrogens with zero attached hydrogens (tertiary/aromatic N) is 1. The van der Waals surface area contributed by atoms with Gasteiger partial charge < -0.3 is 5.32 Å². The minimum Gasteiger partial charge on any atom is -0.335 e. The first kappa shape index (κ1) is 16.6. The van der Waals surface area contributed by atoms with Crippen molar-refractivity contribution in [1.29, 1.82) is 0 Å². The van der Waals surface area contributed by atoms with Crippen LogP contribution >= 0.6 is 0 Å². The first-order chi connectivity index (χ1) is 12.6. The van der Waals surface area contributed by atoms with Crippen LogP contribution in [-0.4, -0.2) is 30.4 Å². The molecule has 0 radical (unpaired) electrons. The largest absolute Gasteiger partial charge is 0.335 e. The van der Waals surface area contributed by atoms with Gasteiger partial charge in [-0.3, -0.25) is 19.8 Å². The van der Waals surface area contributed by atoms with E-state index in [4.69, 9.17) is 0 Å². The summed E-state index contributed by atoms with van der Waals surface area (Å²) in [5.74, 6) is -0.698. The Hall–Kier alpha value is -2.89. The van der Waals surface area contributed by atoms with Gasteiger partial charge in [-0.2, -0.15) is 0 Å². The van der Waals surface area contributed by atoms with Crippen LogP contribution in [0, 0.1) is 0 Å². The minimum atomic E-state index is -0.489. The summed E-state index contributed by atoms with van der Waals surface area (Å²) in [6.07, 6.45) is 5.29. The third kappa shape index (κ3) is 3.03. The van der Waals surface area contributed by atoms with Gasteiger partial charge >= 0.3 is 6.03 Å². The molecule has 0 spiro atoms. The van der Waals surface area contributed by atoms with Gasteiger partial charge in [-0.1, -0.05) is 43.5 Å². The minimum absolute atomic E-state index is 0.128. The molecule has 1 fully saturated rings. The SMILES string of the molecule is O=C(CN1C(=O)c2cccc3cccc1c23)NC(=O)NC1CCCCC1. The van der Waals surface area contributed by atoms with Crippen molar-refractivity contribution in [3.8, 4) is 0 Å². The smallest absolute Gasteiger partial charge is 0.321 e. The molecule has 6 heteroatoms. The lowest BCUT2D eigenvalue weighted by Crippen LogP contribution is -2.48. The van der Waals surface area contributed by atoms with Gasteiger partial charge in [0.15, 0.2) is 0 Å². The lowest BCUT2D eigenvalue weighted by molar-refractivity contribution is -0.118. The second kappa shape index (κ2) is 6.78. The third-order valence-corrected chi connectivity index (χ3v) is 5.14. The summed E-state index contributed by atoms with van der Waals surface area (Å²) in [7, 11) is 0. The Labute approximate surface area is 151 Å². The maximum atomic E-state index is 12.7. The number of carbonyl (C=O) groups excluding carboxylic acids is 3. The summed E-state index contributed by atoms with van der Waals surface area (Å²) in [5, 5.41) is 7.02. The Morgan fingerprint density at radius 2 is 1.77 bits per heavy atom. The molecule has 134 valence electrons. The lowest BCUT2D eigenvalue weighted by atomic mass is 9.96. The van der Waals surface area contributed by atoms with E-state index in [0.717, 1.165) is 36.5 Å². The van der Waals surface area contributed by atoms with Gasteiger partial charge in [0.1, 0.15) is 6.54 Å². The van der Waals surface area contributed by atoms with Gasteiger partial charge in [0.2, 0.25) is 5.91 Å². The van der Waals surface area contributed by atoms with Crippen molar-refractivity contribution >= 4 is 34.3 Å². The number of amides is 4. The molecule has 4 amide bonds. The zero-order valence-electron chi connectivity index (χ0n) is 14.5. The van der Waals surface area contributed by atoms with Crippen molar-refractivity contribution in [3.63, 3.8) is 0 Å². The molecular formula is C20H21N3O3. The summed E-state index contributed by atoms with van der Waals surface area (Å²) in [4.78, 5) is 38.4. The van der Waals surface area contributed by atoms with Crippen molar-refractivity contribution < 1.29 is 14.4 Å². The number of imide groups is 1. The fourth-order valence-electron chi connectivity index (χ4n) is 3.91. The van der Waals surface area contributed by atoms with Crippen LogP contribution in [0.3, 0.4) is 0 Å². The van der Waals surface area contributed by atoms with Gasteiger partial charge in [0, 0.05) is 17.0 Å². The summed E-state index contributed by atoms with van der Waals surface area (Å²) in [5.41, 5.74) is 1.31. The summed E-state index contributed by atoms with van der Waals surface area (Å²) < 4.78 is 0. The maximum Gasteiger partial charge on any atom is 0.321 e. The van der Waals surface area contributed by atoms with E-state index >= 15 is 0 Å². The molecule has 1 aliphatic carbocycles. The maximum absolute atomic E-state index is 12.7. The zero-order valence-corrected chi connectivity index (χ0v) is 14.5. The van der Waals surface area contributed by atoms with Crippen molar-refractivity contribution in [3.05, 3.63) is 42.0 Å². The number of benzene rings is 2. The number of rotatable bonds is 3. The van der Waals surface area contributed by atoms with E-state index in [1.54, 1.807) is 6.07 Å². The average Bonchev–Trinajstić information content (AvgIpc) is 2.90. The molecule has 6 nitrogen and oxygen atoms in total. The van der Waals surface area contributed by atoms with E-state index in [1.807, 2.05) is 30.3 Å². The Kier molecular flexibility index (Phi) is 4.32. The Morgan fingerprint density at radius 1 is 1.04 bits per heavy atom. The van der Waals surface area contributed by atoms with Crippen molar-refractivity contribution in [2.24, 2.45) is 0 Å². The van der Waals surface area contributed by atoms with Gasteiger partial charge in [-0.25, -0.2) is 4.79 Å². The van der Waals surface area contributed by atoms with Crippen LogP contribution in [-0.2, 0) is 4.79 Å². The van der Waals surface area contributed by atoms with E-state index in [1.165, 1.54) is 11.3 Å². The molecule has 0 saturated heterocycles. The Morgan fingerprint density at radius 3 is 2.54 bits per heavy atom. The predicted molar refractivity (Wildman–Crippen MR) is 99.2 cm³/mol. The van der Waals surface area contributed by atoms with E-state index in [-0.39, 0.29) is 18.5 Å². The average molecular weight is 351 g/mol. The standard InChI is InChI=1S/C20H21N3O3/c24-17(22-20(26)21-14-8-2-1-3-9-14)12-23-16-11-5-7-13-6-4-10-15(18(13)16)19(23)25/h4-7,10-11,14H,1-3,8-9,12H2,(H2,21,22,24,26). The van der Waals surface area contributed by atoms with E-state index in [0.29, 0.717) is 11.3 Å². The first-order valence-corrected chi connectivity index (χ1v) is 9.07. The third-order valence-electron chi connectivity index (χ3n) is 5.14. The first-order valence-electron chi connectivity index (χ1n) is 9.07. The number of nitrogens with one attached hydrogen (secondary N) is 2. The molecule has 0 aromatic heterocycles. The summed E-state index contributed by atoms with van der Waals surface area (Å²) in [6.45, 7) is -0.176. The van der Waals surface area contributed by atoms with E-state index in [2.05, 4.69) is 10.6 Å². The van der Waals surface area contributed by atoms with Crippen molar-refractivity contribution in [2.45, 2.75) is 38.1 Å². The van der Waals surface area contributed by atoms with E-state index in [9.17, 15) is 14.4 Å². The van der Waals surface area contributed by atoms with Crippen LogP contribution in [0.1, 0.15) is 42.5 Å².